The molecule has 2 aromatic carbocycles. The summed E-state index contributed by atoms with van der Waals surface area (Å²) in [6.45, 7) is 1.13. The smallest absolute Gasteiger partial charge is 0.341 e. The van der Waals surface area contributed by atoms with Gasteiger partial charge in [0.15, 0.2) is 12.4 Å². The van der Waals surface area contributed by atoms with Crippen molar-refractivity contribution < 1.29 is 24.2 Å². The van der Waals surface area contributed by atoms with Gasteiger partial charge in [0.05, 0.1) is 12.3 Å². The van der Waals surface area contributed by atoms with Crippen LogP contribution in [0.25, 0.3) is 0 Å². The summed E-state index contributed by atoms with van der Waals surface area (Å²) in [5.74, 6) is 3.66. The van der Waals surface area contributed by atoms with Crippen molar-refractivity contribution in [2.45, 2.75) is 13.0 Å². The van der Waals surface area contributed by atoms with Gasteiger partial charge in [0.25, 0.3) is 5.91 Å². The van der Waals surface area contributed by atoms with Crippen LogP contribution in [0.5, 0.6) is 5.75 Å². The number of rotatable bonds is 8. The Morgan fingerprint density at radius 2 is 1.70 bits per heavy atom. The van der Waals surface area contributed by atoms with Gasteiger partial charge in [-0.2, -0.15) is 5.10 Å². The topological polar surface area (TPSA) is 131 Å². The van der Waals surface area contributed by atoms with Crippen LogP contribution in [0.4, 0.5) is 0 Å². The summed E-state index contributed by atoms with van der Waals surface area (Å²) in [7, 11) is 0. The minimum Gasteiger partial charge on any atom is -0.482 e. The molecule has 0 bridgehead atoms. The van der Waals surface area contributed by atoms with E-state index in [0.717, 1.165) is 5.56 Å². The fourth-order valence-electron chi connectivity index (χ4n) is 2.26. The molecular formula is C19H19N3O5. The van der Waals surface area contributed by atoms with Crippen LogP contribution in [0.3, 0.4) is 0 Å². The number of ketones is 1. The van der Waals surface area contributed by atoms with Crippen molar-refractivity contribution in [1.29, 1.82) is 0 Å². The van der Waals surface area contributed by atoms with Gasteiger partial charge in [-0.05, 0) is 48.9 Å². The Morgan fingerprint density at radius 3 is 2.26 bits per heavy atom. The third-order valence-corrected chi connectivity index (χ3v) is 3.64. The second kappa shape index (κ2) is 9.14. The zero-order valence-corrected chi connectivity index (χ0v) is 14.6. The van der Waals surface area contributed by atoms with Gasteiger partial charge in [0, 0.05) is 11.1 Å². The zero-order valence-electron chi connectivity index (χ0n) is 14.6. The first-order valence-electron chi connectivity index (χ1n) is 8.03. The molecule has 0 saturated heterocycles. The summed E-state index contributed by atoms with van der Waals surface area (Å²) in [6.07, 6.45) is 1.46. The van der Waals surface area contributed by atoms with Crippen LogP contribution in [-0.2, 0) is 4.79 Å². The van der Waals surface area contributed by atoms with E-state index in [1.54, 1.807) is 31.2 Å². The fourth-order valence-corrected chi connectivity index (χ4v) is 2.26. The van der Waals surface area contributed by atoms with Crippen LogP contribution in [0.1, 0.15) is 33.2 Å². The second-order valence-electron chi connectivity index (χ2n) is 5.67. The highest BCUT2D eigenvalue weighted by molar-refractivity contribution is 6.04. The summed E-state index contributed by atoms with van der Waals surface area (Å²) in [5.41, 5.74) is 1.53. The highest BCUT2D eigenvalue weighted by Gasteiger charge is 2.18. The van der Waals surface area contributed by atoms with Crippen LogP contribution in [0.15, 0.2) is 53.6 Å². The molecule has 0 saturated carbocycles. The van der Waals surface area contributed by atoms with Gasteiger partial charge in [-0.3, -0.25) is 9.59 Å². The lowest BCUT2D eigenvalue weighted by atomic mass is 10.0. The van der Waals surface area contributed by atoms with Crippen molar-refractivity contribution in [2.24, 2.45) is 10.9 Å². The maximum absolute atomic E-state index is 12.4. The first-order valence-corrected chi connectivity index (χ1v) is 8.03. The van der Waals surface area contributed by atoms with E-state index in [2.05, 4.69) is 10.4 Å². The number of Topliss-reactive ketones (excluding diaryl/α,β-unsaturated/α-hetero) is 1. The van der Waals surface area contributed by atoms with Gasteiger partial charge in [-0.25, -0.2) is 4.79 Å². The third kappa shape index (κ3) is 5.67. The molecular weight excluding hydrogens is 350 g/mol. The van der Waals surface area contributed by atoms with Crippen molar-refractivity contribution in [2.75, 3.05) is 6.61 Å². The number of nitrogens with zero attached hydrogens (tertiary/aromatic N) is 1. The number of carbonyl (C=O) groups is 3. The molecule has 8 heteroatoms. The van der Waals surface area contributed by atoms with E-state index in [9.17, 15) is 14.4 Å². The number of carboxylic acid groups (broad SMARTS) is 1. The molecule has 2 rings (SSSR count). The summed E-state index contributed by atoms with van der Waals surface area (Å²) in [5, 5.41) is 14.6. The minimum absolute atomic E-state index is 0.278. The summed E-state index contributed by atoms with van der Waals surface area (Å²) >= 11 is 0. The molecule has 0 aliphatic heterocycles. The van der Waals surface area contributed by atoms with Gasteiger partial charge >= 0.3 is 5.97 Å². The second-order valence-corrected chi connectivity index (χ2v) is 5.67. The Kier molecular flexibility index (Phi) is 6.65. The molecule has 0 aliphatic carbocycles. The van der Waals surface area contributed by atoms with E-state index in [-0.39, 0.29) is 11.7 Å². The molecule has 27 heavy (non-hydrogen) atoms. The van der Waals surface area contributed by atoms with Crippen molar-refractivity contribution in [3.8, 4) is 5.75 Å². The Labute approximate surface area is 155 Å². The number of benzene rings is 2. The third-order valence-electron chi connectivity index (χ3n) is 3.64. The first-order chi connectivity index (χ1) is 12.9. The van der Waals surface area contributed by atoms with Crippen LogP contribution < -0.4 is 15.9 Å². The van der Waals surface area contributed by atoms with Gasteiger partial charge < -0.3 is 21.0 Å². The number of aliphatic carboxylic acids is 1. The number of hydrazone groups is 1. The van der Waals surface area contributed by atoms with E-state index in [4.69, 9.17) is 15.7 Å². The molecule has 0 unspecified atom stereocenters. The Hall–Kier alpha value is -3.68. The summed E-state index contributed by atoms with van der Waals surface area (Å²) < 4.78 is 5.01. The molecule has 0 radical (unpaired) electrons. The lowest BCUT2D eigenvalue weighted by Crippen LogP contribution is -2.38. The highest BCUT2D eigenvalue weighted by Crippen LogP contribution is 2.14. The Balaban J connectivity index is 1.97. The van der Waals surface area contributed by atoms with Crippen LogP contribution >= 0.6 is 0 Å². The Morgan fingerprint density at radius 1 is 1.11 bits per heavy atom. The summed E-state index contributed by atoms with van der Waals surface area (Å²) in [6, 6.07) is 11.9. The van der Waals surface area contributed by atoms with Gasteiger partial charge in [0.1, 0.15) is 5.75 Å². The number of ether oxygens (including phenoxy) is 1. The quantitative estimate of drug-likeness (QED) is 0.279. The van der Waals surface area contributed by atoms with Crippen LogP contribution in [0, 0.1) is 0 Å². The van der Waals surface area contributed by atoms with E-state index >= 15 is 0 Å². The predicted octanol–water partition coefficient (Wildman–Crippen LogP) is 1.44. The molecule has 140 valence electrons. The van der Waals surface area contributed by atoms with E-state index < -0.39 is 18.6 Å². The number of amides is 1. The standard InChI is InChI=1S/C19H19N3O5/c1-12(22-19(26)15-4-2-13(3-5-15)10-21-20)18(25)14-6-8-16(9-7-14)27-11-17(23)24/h2-10,12H,11,20H2,1H3,(H,22,26)(H,23,24)/t12-/m0/s1. The Bertz CT molecular complexity index is 845. The fraction of sp³-hybridized carbons (Fsp3) is 0.158. The van der Waals surface area contributed by atoms with Crippen molar-refractivity contribution in [1.82, 2.24) is 5.32 Å². The highest BCUT2D eigenvalue weighted by atomic mass is 16.5. The number of carbonyl (C=O) groups excluding carboxylic acids is 2. The molecule has 2 aromatic rings. The van der Waals surface area contributed by atoms with Crippen LogP contribution in [0.2, 0.25) is 0 Å². The molecule has 1 atom stereocenters. The zero-order chi connectivity index (χ0) is 19.8. The average molecular weight is 369 g/mol. The SMILES string of the molecule is C[C@H](NC(=O)c1ccc(C=NN)cc1)C(=O)c1ccc(OCC(=O)O)cc1. The molecule has 0 fully saturated rings. The minimum atomic E-state index is -1.09. The lowest BCUT2D eigenvalue weighted by Gasteiger charge is -2.13. The normalized spacial score (nSPS) is 11.7. The monoisotopic (exact) mass is 369 g/mol. The maximum Gasteiger partial charge on any atom is 0.341 e. The van der Waals surface area contributed by atoms with E-state index in [1.165, 1.54) is 30.5 Å². The maximum atomic E-state index is 12.4. The number of carboxylic acids is 1. The lowest BCUT2D eigenvalue weighted by molar-refractivity contribution is -0.139. The number of nitrogens with two attached hydrogens (primary N) is 1. The molecule has 0 heterocycles. The van der Waals surface area contributed by atoms with Gasteiger partial charge in [-0.15, -0.1) is 0 Å². The number of hydrogen-bond donors (Lipinski definition) is 3. The largest absolute Gasteiger partial charge is 0.482 e. The van der Waals surface area contributed by atoms with Crippen molar-refractivity contribution in [3.05, 3.63) is 65.2 Å². The number of hydrogen-bond acceptors (Lipinski definition) is 6. The van der Waals surface area contributed by atoms with Gasteiger partial charge in [0.2, 0.25) is 0 Å². The molecule has 4 N–H and O–H groups in total. The van der Waals surface area contributed by atoms with Crippen LogP contribution in [-0.4, -0.2) is 41.6 Å². The molecule has 0 aliphatic rings. The molecule has 0 aromatic heterocycles. The van der Waals surface area contributed by atoms with E-state index in [0.29, 0.717) is 16.9 Å². The van der Waals surface area contributed by atoms with E-state index in [1.807, 2.05) is 0 Å². The first kappa shape index (κ1) is 19.6. The molecule has 1 amide bonds. The average Bonchev–Trinajstić information content (AvgIpc) is 2.67. The number of nitrogens with one attached hydrogen (secondary N) is 1. The van der Waals surface area contributed by atoms with Gasteiger partial charge in [-0.1, -0.05) is 12.1 Å². The molecule has 0 spiro atoms. The molecule has 8 nitrogen and oxygen atoms in total. The predicted molar refractivity (Wildman–Crippen MR) is 99.1 cm³/mol. The van der Waals surface area contributed by atoms with Crippen molar-refractivity contribution >= 4 is 23.9 Å². The van der Waals surface area contributed by atoms with Crippen molar-refractivity contribution in [3.63, 3.8) is 0 Å². The summed E-state index contributed by atoms with van der Waals surface area (Å²) in [4.78, 5) is 35.2.